The monoisotopic (exact) mass is 233 g/mol. The summed E-state index contributed by atoms with van der Waals surface area (Å²) in [4.78, 5) is 16.9. The SMILES string of the molecule is COC(=O)c1cc(C)ncc1-c1cccs1. The Morgan fingerprint density at radius 1 is 1.50 bits per heavy atom. The fourth-order valence-corrected chi connectivity index (χ4v) is 2.22. The first-order chi connectivity index (χ1) is 7.72. The number of carbonyl (C=O) groups excluding carboxylic acids is 1. The van der Waals surface area contributed by atoms with Crippen molar-refractivity contribution in [3.8, 4) is 10.4 Å². The Morgan fingerprint density at radius 3 is 2.94 bits per heavy atom. The van der Waals surface area contributed by atoms with Crippen molar-refractivity contribution in [2.75, 3.05) is 7.11 Å². The van der Waals surface area contributed by atoms with Gasteiger partial charge in [0.1, 0.15) is 0 Å². The number of aromatic nitrogens is 1. The molecule has 2 aromatic rings. The zero-order chi connectivity index (χ0) is 11.5. The highest BCUT2D eigenvalue weighted by Gasteiger charge is 2.14. The molecule has 3 nitrogen and oxygen atoms in total. The molecular weight excluding hydrogens is 222 g/mol. The summed E-state index contributed by atoms with van der Waals surface area (Å²) in [5.74, 6) is -0.325. The van der Waals surface area contributed by atoms with Gasteiger partial charge in [0.15, 0.2) is 0 Å². The Hall–Kier alpha value is -1.68. The van der Waals surface area contributed by atoms with Gasteiger partial charge < -0.3 is 4.74 Å². The summed E-state index contributed by atoms with van der Waals surface area (Å²) < 4.78 is 4.77. The molecule has 2 rings (SSSR count). The lowest BCUT2D eigenvalue weighted by Gasteiger charge is -2.06. The first kappa shape index (κ1) is 10.8. The van der Waals surface area contributed by atoms with Gasteiger partial charge in [0.05, 0.1) is 12.7 Å². The summed E-state index contributed by atoms with van der Waals surface area (Å²) in [6.07, 6.45) is 1.72. The molecule has 0 unspecified atom stereocenters. The van der Waals surface area contributed by atoms with E-state index in [1.165, 1.54) is 7.11 Å². The smallest absolute Gasteiger partial charge is 0.338 e. The number of rotatable bonds is 2. The van der Waals surface area contributed by atoms with Crippen LogP contribution in [-0.4, -0.2) is 18.1 Å². The Labute approximate surface area is 97.7 Å². The van der Waals surface area contributed by atoms with Crippen LogP contribution in [0.15, 0.2) is 29.8 Å². The predicted molar refractivity (Wildman–Crippen MR) is 63.6 cm³/mol. The molecule has 0 saturated carbocycles. The van der Waals surface area contributed by atoms with Crippen LogP contribution in [0.3, 0.4) is 0 Å². The number of esters is 1. The molecule has 0 N–H and O–H groups in total. The second-order valence-electron chi connectivity index (χ2n) is 3.34. The van der Waals surface area contributed by atoms with Crippen LogP contribution >= 0.6 is 11.3 Å². The van der Waals surface area contributed by atoms with Crippen LogP contribution in [0.1, 0.15) is 16.1 Å². The normalized spacial score (nSPS) is 10.1. The second-order valence-corrected chi connectivity index (χ2v) is 4.29. The zero-order valence-corrected chi connectivity index (χ0v) is 9.88. The third-order valence-electron chi connectivity index (χ3n) is 2.23. The molecule has 0 spiro atoms. The van der Waals surface area contributed by atoms with Crippen molar-refractivity contribution in [1.29, 1.82) is 0 Å². The van der Waals surface area contributed by atoms with Crippen LogP contribution in [0.25, 0.3) is 10.4 Å². The van der Waals surface area contributed by atoms with E-state index in [1.807, 2.05) is 24.4 Å². The molecule has 82 valence electrons. The molecule has 0 fully saturated rings. The third kappa shape index (κ3) is 1.97. The molecule has 0 aromatic carbocycles. The van der Waals surface area contributed by atoms with E-state index in [9.17, 15) is 4.79 Å². The number of pyridine rings is 1. The summed E-state index contributed by atoms with van der Waals surface area (Å²) in [5, 5.41) is 1.97. The van der Waals surface area contributed by atoms with Crippen molar-refractivity contribution in [2.45, 2.75) is 6.92 Å². The quantitative estimate of drug-likeness (QED) is 0.749. The zero-order valence-electron chi connectivity index (χ0n) is 9.06. The topological polar surface area (TPSA) is 39.2 Å². The van der Waals surface area contributed by atoms with Gasteiger partial charge in [0, 0.05) is 22.3 Å². The van der Waals surface area contributed by atoms with Crippen LogP contribution in [0.2, 0.25) is 0 Å². The van der Waals surface area contributed by atoms with Crippen molar-refractivity contribution in [3.05, 3.63) is 41.0 Å². The fourth-order valence-electron chi connectivity index (χ4n) is 1.47. The minimum atomic E-state index is -0.325. The minimum Gasteiger partial charge on any atom is -0.465 e. The fraction of sp³-hybridized carbons (Fsp3) is 0.167. The molecule has 0 amide bonds. The predicted octanol–water partition coefficient (Wildman–Crippen LogP) is 2.91. The summed E-state index contributed by atoms with van der Waals surface area (Å²) >= 11 is 1.58. The average molecular weight is 233 g/mol. The first-order valence-corrected chi connectivity index (χ1v) is 5.69. The van der Waals surface area contributed by atoms with Gasteiger partial charge in [0.25, 0.3) is 0 Å². The molecule has 0 aliphatic heterocycles. The molecule has 4 heteroatoms. The van der Waals surface area contributed by atoms with E-state index >= 15 is 0 Å². The molecule has 2 heterocycles. The first-order valence-electron chi connectivity index (χ1n) is 4.81. The Kier molecular flexibility index (Phi) is 3.01. The largest absolute Gasteiger partial charge is 0.465 e. The van der Waals surface area contributed by atoms with Crippen molar-refractivity contribution in [3.63, 3.8) is 0 Å². The molecule has 0 bridgehead atoms. The van der Waals surface area contributed by atoms with E-state index in [2.05, 4.69) is 4.98 Å². The number of aryl methyl sites for hydroxylation is 1. The highest BCUT2D eigenvalue weighted by molar-refractivity contribution is 7.13. The summed E-state index contributed by atoms with van der Waals surface area (Å²) in [5.41, 5.74) is 2.20. The number of nitrogens with zero attached hydrogens (tertiary/aromatic N) is 1. The standard InChI is InChI=1S/C12H11NO2S/c1-8-6-9(12(14)15-2)10(7-13-8)11-4-3-5-16-11/h3-7H,1-2H3. The van der Waals surface area contributed by atoms with Crippen molar-refractivity contribution in [2.24, 2.45) is 0 Å². The van der Waals surface area contributed by atoms with Gasteiger partial charge in [-0.3, -0.25) is 4.98 Å². The highest BCUT2D eigenvalue weighted by Crippen LogP contribution is 2.28. The highest BCUT2D eigenvalue weighted by atomic mass is 32.1. The second kappa shape index (κ2) is 4.45. The maximum atomic E-state index is 11.6. The lowest BCUT2D eigenvalue weighted by molar-refractivity contribution is 0.0601. The van der Waals surface area contributed by atoms with Crippen LogP contribution in [0.4, 0.5) is 0 Å². The summed E-state index contributed by atoms with van der Waals surface area (Å²) in [7, 11) is 1.39. The molecule has 0 aliphatic carbocycles. The lowest BCUT2D eigenvalue weighted by Crippen LogP contribution is -2.04. The van der Waals surface area contributed by atoms with Crippen LogP contribution in [0, 0.1) is 6.92 Å². The van der Waals surface area contributed by atoms with Crippen LogP contribution in [0.5, 0.6) is 0 Å². The molecule has 2 aromatic heterocycles. The molecule has 16 heavy (non-hydrogen) atoms. The van der Waals surface area contributed by atoms with Crippen LogP contribution in [-0.2, 0) is 4.74 Å². The molecule has 0 saturated heterocycles. The van der Waals surface area contributed by atoms with Gasteiger partial charge in [-0.2, -0.15) is 0 Å². The van der Waals surface area contributed by atoms with E-state index in [-0.39, 0.29) is 5.97 Å². The Morgan fingerprint density at radius 2 is 2.31 bits per heavy atom. The molecular formula is C12H11NO2S. The van der Waals surface area contributed by atoms with E-state index in [4.69, 9.17) is 4.74 Å². The minimum absolute atomic E-state index is 0.325. The van der Waals surface area contributed by atoms with Gasteiger partial charge in [-0.1, -0.05) is 6.07 Å². The molecule has 0 atom stereocenters. The molecule has 0 radical (unpaired) electrons. The van der Waals surface area contributed by atoms with Gasteiger partial charge in [-0.05, 0) is 24.4 Å². The van der Waals surface area contributed by atoms with Gasteiger partial charge >= 0.3 is 5.97 Å². The van der Waals surface area contributed by atoms with E-state index in [0.717, 1.165) is 16.1 Å². The van der Waals surface area contributed by atoms with E-state index in [0.29, 0.717) is 5.56 Å². The lowest BCUT2D eigenvalue weighted by atomic mass is 10.1. The van der Waals surface area contributed by atoms with Gasteiger partial charge in [-0.15, -0.1) is 11.3 Å². The molecule has 0 aliphatic rings. The van der Waals surface area contributed by atoms with Crippen molar-refractivity contribution in [1.82, 2.24) is 4.98 Å². The Balaban J connectivity index is 2.57. The number of hydrogen-bond acceptors (Lipinski definition) is 4. The number of ether oxygens (including phenoxy) is 1. The Bertz CT molecular complexity index is 506. The number of methoxy groups -OCH3 is 1. The van der Waals surface area contributed by atoms with Gasteiger partial charge in [-0.25, -0.2) is 4.79 Å². The maximum Gasteiger partial charge on any atom is 0.338 e. The van der Waals surface area contributed by atoms with E-state index < -0.39 is 0 Å². The maximum absolute atomic E-state index is 11.6. The number of hydrogen-bond donors (Lipinski definition) is 0. The summed E-state index contributed by atoms with van der Waals surface area (Å²) in [6.45, 7) is 1.85. The van der Waals surface area contributed by atoms with Crippen molar-refractivity contribution >= 4 is 17.3 Å². The number of carbonyl (C=O) groups is 1. The van der Waals surface area contributed by atoms with Crippen molar-refractivity contribution < 1.29 is 9.53 Å². The summed E-state index contributed by atoms with van der Waals surface area (Å²) in [6, 6.07) is 5.66. The van der Waals surface area contributed by atoms with Gasteiger partial charge in [0.2, 0.25) is 0 Å². The van der Waals surface area contributed by atoms with Crippen LogP contribution < -0.4 is 0 Å². The number of thiophene rings is 1. The van der Waals surface area contributed by atoms with E-state index in [1.54, 1.807) is 23.6 Å². The average Bonchev–Trinajstić information content (AvgIpc) is 2.81. The third-order valence-corrected chi connectivity index (χ3v) is 3.14.